The van der Waals surface area contributed by atoms with Crippen molar-refractivity contribution < 1.29 is 4.79 Å². The molecule has 0 unspecified atom stereocenters. The van der Waals surface area contributed by atoms with E-state index in [0.717, 1.165) is 48.2 Å². The molecule has 0 saturated carbocycles. The molecule has 0 fully saturated rings. The van der Waals surface area contributed by atoms with E-state index in [0.29, 0.717) is 5.41 Å². The summed E-state index contributed by atoms with van der Waals surface area (Å²) < 4.78 is 3.35. The first-order valence-electron chi connectivity index (χ1n) is 8.72. The second-order valence-electron chi connectivity index (χ2n) is 7.72. The van der Waals surface area contributed by atoms with Crippen molar-refractivity contribution in [2.75, 3.05) is 11.4 Å². The number of rotatable bonds is 2. The maximum atomic E-state index is 13.2. The average molecular weight is 387 g/mol. The van der Waals surface area contributed by atoms with Gasteiger partial charge in [0.25, 0.3) is 5.91 Å². The molecular weight excluding hydrogens is 364 g/mol. The van der Waals surface area contributed by atoms with E-state index >= 15 is 0 Å². The number of fused-ring (bicyclic) bond motifs is 3. The predicted molar refractivity (Wildman–Crippen MR) is 101 cm³/mol. The summed E-state index contributed by atoms with van der Waals surface area (Å²) in [6, 6.07) is 8.27. The van der Waals surface area contributed by atoms with Gasteiger partial charge in [0, 0.05) is 28.9 Å². The van der Waals surface area contributed by atoms with Crippen molar-refractivity contribution in [1.29, 1.82) is 0 Å². The summed E-state index contributed by atoms with van der Waals surface area (Å²) in [5.41, 5.74) is 6.20. The highest BCUT2D eigenvalue weighted by Gasteiger charge is 2.36. The van der Waals surface area contributed by atoms with Crippen LogP contribution in [-0.2, 0) is 25.8 Å². The minimum Gasteiger partial charge on any atom is -0.339 e. The van der Waals surface area contributed by atoms with Gasteiger partial charge in [-0.2, -0.15) is 0 Å². The molecule has 4 rings (SSSR count). The van der Waals surface area contributed by atoms with Gasteiger partial charge in [0.15, 0.2) is 0 Å². The molecule has 0 spiro atoms. The number of benzene rings is 1. The summed E-state index contributed by atoms with van der Waals surface area (Å²) in [4.78, 5) is 15.1. The zero-order chi connectivity index (χ0) is 17.1. The number of aromatic nitrogens is 1. The van der Waals surface area contributed by atoms with E-state index in [1.54, 1.807) is 0 Å². The van der Waals surface area contributed by atoms with E-state index in [2.05, 4.69) is 59.5 Å². The predicted octanol–water partition coefficient (Wildman–Crippen LogP) is 4.60. The van der Waals surface area contributed by atoms with Gasteiger partial charge >= 0.3 is 0 Å². The lowest BCUT2D eigenvalue weighted by Crippen LogP contribution is -2.41. The van der Waals surface area contributed by atoms with Gasteiger partial charge in [0.2, 0.25) is 0 Å². The minimum absolute atomic E-state index is 0.140. The summed E-state index contributed by atoms with van der Waals surface area (Å²) in [5.74, 6) is 0.140. The Labute approximate surface area is 151 Å². The Hall–Kier alpha value is -1.55. The number of carbonyl (C=O) groups is 1. The van der Waals surface area contributed by atoms with Gasteiger partial charge in [-0.15, -0.1) is 0 Å². The van der Waals surface area contributed by atoms with Gasteiger partial charge in [-0.25, -0.2) is 0 Å². The molecule has 126 valence electrons. The molecule has 2 heterocycles. The van der Waals surface area contributed by atoms with Crippen LogP contribution in [0.2, 0.25) is 0 Å². The molecule has 4 heteroatoms. The van der Waals surface area contributed by atoms with Crippen LogP contribution in [0.15, 0.2) is 28.7 Å². The molecule has 24 heavy (non-hydrogen) atoms. The molecule has 1 aliphatic carbocycles. The first-order valence-corrected chi connectivity index (χ1v) is 9.51. The number of hydrogen-bond acceptors (Lipinski definition) is 1. The molecule has 2 aromatic rings. The molecule has 1 aliphatic heterocycles. The molecule has 1 amide bonds. The Bertz CT molecular complexity index is 834. The van der Waals surface area contributed by atoms with Gasteiger partial charge in [-0.1, -0.05) is 42.8 Å². The average Bonchev–Trinajstić information content (AvgIpc) is 3.00. The molecule has 1 aromatic heterocycles. The van der Waals surface area contributed by atoms with Crippen molar-refractivity contribution in [1.82, 2.24) is 4.57 Å². The lowest BCUT2D eigenvalue weighted by atomic mass is 9.90. The first-order chi connectivity index (χ1) is 11.4. The Balaban J connectivity index is 1.73. The SMILES string of the molecule is CCc1c(Br)cccc1N1CCn2c(cc3c2CC(C)(C)C3)C1=O. The highest BCUT2D eigenvalue weighted by Crippen LogP contribution is 2.40. The maximum absolute atomic E-state index is 13.2. The molecule has 0 bridgehead atoms. The van der Waals surface area contributed by atoms with Crippen LogP contribution in [0.25, 0.3) is 0 Å². The van der Waals surface area contributed by atoms with Crippen molar-refractivity contribution >= 4 is 27.5 Å². The van der Waals surface area contributed by atoms with Crippen LogP contribution in [0.3, 0.4) is 0 Å². The van der Waals surface area contributed by atoms with E-state index in [1.165, 1.54) is 16.8 Å². The lowest BCUT2D eigenvalue weighted by Gasteiger charge is -2.31. The number of hydrogen-bond donors (Lipinski definition) is 0. The van der Waals surface area contributed by atoms with E-state index in [9.17, 15) is 4.79 Å². The molecular formula is C20H23BrN2O. The van der Waals surface area contributed by atoms with Crippen LogP contribution in [0.5, 0.6) is 0 Å². The van der Waals surface area contributed by atoms with Crippen LogP contribution < -0.4 is 4.90 Å². The maximum Gasteiger partial charge on any atom is 0.274 e. The largest absolute Gasteiger partial charge is 0.339 e. The van der Waals surface area contributed by atoms with Crippen molar-refractivity contribution in [3.63, 3.8) is 0 Å². The minimum atomic E-state index is 0.140. The topological polar surface area (TPSA) is 25.2 Å². The van der Waals surface area contributed by atoms with E-state index in [-0.39, 0.29) is 5.91 Å². The van der Waals surface area contributed by atoms with Gasteiger partial charge in [-0.05, 0) is 54.0 Å². The summed E-state index contributed by atoms with van der Waals surface area (Å²) in [6.07, 6.45) is 3.06. The Morgan fingerprint density at radius 3 is 2.75 bits per heavy atom. The zero-order valence-electron chi connectivity index (χ0n) is 14.5. The highest BCUT2D eigenvalue weighted by molar-refractivity contribution is 9.10. The summed E-state index contributed by atoms with van der Waals surface area (Å²) in [5, 5.41) is 0. The van der Waals surface area contributed by atoms with E-state index in [4.69, 9.17) is 0 Å². The monoisotopic (exact) mass is 386 g/mol. The second-order valence-corrected chi connectivity index (χ2v) is 8.57. The van der Waals surface area contributed by atoms with Crippen molar-refractivity contribution in [2.24, 2.45) is 5.41 Å². The van der Waals surface area contributed by atoms with Crippen LogP contribution in [0.4, 0.5) is 5.69 Å². The molecule has 3 nitrogen and oxygen atoms in total. The number of carbonyl (C=O) groups excluding carboxylic acids is 1. The standard InChI is InChI=1S/C20H23BrN2O/c1-4-14-15(21)6-5-7-16(14)23-9-8-22-17(19(23)24)10-13-11-20(2,3)12-18(13)22/h5-7,10H,4,8-9,11-12H2,1-3H3. The molecule has 0 N–H and O–H groups in total. The van der Waals surface area contributed by atoms with Crippen LogP contribution in [-0.4, -0.2) is 17.0 Å². The molecule has 1 aromatic carbocycles. The van der Waals surface area contributed by atoms with Gasteiger partial charge in [-0.3, -0.25) is 4.79 Å². The fourth-order valence-corrected chi connectivity index (χ4v) is 4.93. The van der Waals surface area contributed by atoms with Gasteiger partial charge in [0.05, 0.1) is 0 Å². The molecule has 0 atom stereocenters. The third-order valence-corrected chi connectivity index (χ3v) is 6.11. The number of anilines is 1. The summed E-state index contributed by atoms with van der Waals surface area (Å²) >= 11 is 3.63. The number of amides is 1. The summed E-state index contributed by atoms with van der Waals surface area (Å²) in [6.45, 7) is 8.40. The van der Waals surface area contributed by atoms with Gasteiger partial charge < -0.3 is 9.47 Å². The van der Waals surface area contributed by atoms with Crippen molar-refractivity contribution in [3.05, 3.63) is 51.3 Å². The fourth-order valence-electron chi connectivity index (χ4n) is 4.29. The molecule has 0 saturated heterocycles. The van der Waals surface area contributed by atoms with E-state index < -0.39 is 0 Å². The Morgan fingerprint density at radius 2 is 2.00 bits per heavy atom. The molecule has 2 aliphatic rings. The van der Waals surface area contributed by atoms with Crippen molar-refractivity contribution in [3.8, 4) is 0 Å². The fraction of sp³-hybridized carbons (Fsp3) is 0.450. The number of halogens is 1. The van der Waals surface area contributed by atoms with Crippen molar-refractivity contribution in [2.45, 2.75) is 46.6 Å². The Morgan fingerprint density at radius 1 is 1.21 bits per heavy atom. The molecule has 0 radical (unpaired) electrons. The van der Waals surface area contributed by atoms with Crippen LogP contribution in [0, 0.1) is 5.41 Å². The highest BCUT2D eigenvalue weighted by atomic mass is 79.9. The zero-order valence-corrected chi connectivity index (χ0v) is 16.1. The third kappa shape index (κ3) is 2.34. The van der Waals surface area contributed by atoms with Gasteiger partial charge in [0.1, 0.15) is 5.69 Å². The lowest BCUT2D eigenvalue weighted by molar-refractivity contribution is 0.0964. The van der Waals surface area contributed by atoms with E-state index in [1.807, 2.05) is 11.0 Å². The van der Waals surface area contributed by atoms with Crippen LogP contribution >= 0.6 is 15.9 Å². The normalized spacial score (nSPS) is 18.7. The quantitative estimate of drug-likeness (QED) is 0.740. The smallest absolute Gasteiger partial charge is 0.274 e. The second kappa shape index (κ2) is 5.48. The van der Waals surface area contributed by atoms with Crippen LogP contribution in [0.1, 0.15) is 48.1 Å². The number of nitrogens with zero attached hydrogens (tertiary/aromatic N) is 2. The first kappa shape index (κ1) is 15.9. The third-order valence-electron chi connectivity index (χ3n) is 5.36. The summed E-state index contributed by atoms with van der Waals surface area (Å²) in [7, 11) is 0. The Kier molecular flexibility index (Phi) is 3.64.